The van der Waals surface area contributed by atoms with Crippen LogP contribution >= 0.6 is 0 Å². The van der Waals surface area contributed by atoms with Gasteiger partial charge < -0.3 is 10.6 Å². The summed E-state index contributed by atoms with van der Waals surface area (Å²) in [7, 11) is 3.60. The molecule has 3 N–H and O–H groups in total. The Bertz CT molecular complexity index is 175. The van der Waals surface area contributed by atoms with Gasteiger partial charge in [0, 0.05) is 33.2 Å². The van der Waals surface area contributed by atoms with Gasteiger partial charge in [-0.15, -0.1) is 0 Å². The summed E-state index contributed by atoms with van der Waals surface area (Å²) in [6, 6.07) is 0.335. The third-order valence-electron chi connectivity index (χ3n) is 1.99. The number of hydrazine groups is 1. The molecule has 0 aromatic rings. The Morgan fingerprint density at radius 1 is 1.38 bits per heavy atom. The molecule has 76 valence electrons. The number of piperazine rings is 1. The first kappa shape index (κ1) is 10.4. The average Bonchev–Trinajstić information content (AvgIpc) is 2.04. The molecule has 0 spiro atoms. The van der Waals surface area contributed by atoms with Crippen molar-refractivity contribution in [3.8, 4) is 0 Å². The topological polar surface area (TPSA) is 56.4 Å². The van der Waals surface area contributed by atoms with Crippen molar-refractivity contribution in [3.63, 3.8) is 0 Å². The van der Waals surface area contributed by atoms with E-state index >= 15 is 0 Å². The van der Waals surface area contributed by atoms with Crippen molar-refractivity contribution in [1.82, 2.24) is 21.1 Å². The van der Waals surface area contributed by atoms with Crippen LogP contribution < -0.4 is 16.1 Å². The SMILES string of the molecule is CC1CNC(C(=O)NN(C)C)CN1. The highest BCUT2D eigenvalue weighted by atomic mass is 16.2. The maximum absolute atomic E-state index is 11.5. The van der Waals surface area contributed by atoms with Crippen LogP contribution in [-0.4, -0.2) is 50.2 Å². The van der Waals surface area contributed by atoms with E-state index in [4.69, 9.17) is 0 Å². The van der Waals surface area contributed by atoms with Gasteiger partial charge in [-0.25, -0.2) is 5.01 Å². The highest BCUT2D eigenvalue weighted by Gasteiger charge is 2.23. The number of carbonyl (C=O) groups is 1. The van der Waals surface area contributed by atoms with E-state index in [0.717, 1.165) is 6.54 Å². The van der Waals surface area contributed by atoms with Gasteiger partial charge in [-0.05, 0) is 6.92 Å². The van der Waals surface area contributed by atoms with Crippen LogP contribution in [0.2, 0.25) is 0 Å². The van der Waals surface area contributed by atoms with E-state index in [-0.39, 0.29) is 11.9 Å². The lowest BCUT2D eigenvalue weighted by Gasteiger charge is -2.29. The Balaban J connectivity index is 2.31. The molecule has 5 nitrogen and oxygen atoms in total. The summed E-state index contributed by atoms with van der Waals surface area (Å²) in [6.45, 7) is 3.62. The predicted molar refractivity (Wildman–Crippen MR) is 51.1 cm³/mol. The van der Waals surface area contributed by atoms with Crippen molar-refractivity contribution in [2.45, 2.75) is 19.0 Å². The molecule has 0 saturated carbocycles. The Morgan fingerprint density at radius 2 is 2.08 bits per heavy atom. The van der Waals surface area contributed by atoms with Gasteiger partial charge >= 0.3 is 0 Å². The van der Waals surface area contributed by atoms with Crippen molar-refractivity contribution < 1.29 is 4.79 Å². The zero-order chi connectivity index (χ0) is 9.84. The number of nitrogens with one attached hydrogen (secondary N) is 3. The van der Waals surface area contributed by atoms with Crippen molar-refractivity contribution >= 4 is 5.91 Å². The molecule has 0 aromatic heterocycles. The van der Waals surface area contributed by atoms with Crippen molar-refractivity contribution in [2.75, 3.05) is 27.2 Å². The van der Waals surface area contributed by atoms with E-state index < -0.39 is 0 Å². The second-order valence-electron chi connectivity index (χ2n) is 3.64. The van der Waals surface area contributed by atoms with E-state index in [1.54, 1.807) is 19.1 Å². The second-order valence-corrected chi connectivity index (χ2v) is 3.64. The summed E-state index contributed by atoms with van der Waals surface area (Å²) < 4.78 is 0. The monoisotopic (exact) mass is 186 g/mol. The maximum atomic E-state index is 11.5. The molecule has 1 saturated heterocycles. The van der Waals surface area contributed by atoms with Crippen molar-refractivity contribution in [2.24, 2.45) is 0 Å². The van der Waals surface area contributed by atoms with Crippen LogP contribution in [0.3, 0.4) is 0 Å². The molecule has 0 aliphatic carbocycles. The quantitative estimate of drug-likeness (QED) is 0.461. The normalized spacial score (nSPS) is 28.9. The minimum absolute atomic E-state index is 0.0180. The van der Waals surface area contributed by atoms with E-state index in [2.05, 4.69) is 23.0 Å². The van der Waals surface area contributed by atoms with E-state index in [0.29, 0.717) is 12.6 Å². The first-order valence-corrected chi connectivity index (χ1v) is 4.54. The van der Waals surface area contributed by atoms with Gasteiger partial charge in [0.05, 0.1) is 0 Å². The van der Waals surface area contributed by atoms with Crippen LogP contribution in [-0.2, 0) is 4.79 Å². The largest absolute Gasteiger partial charge is 0.311 e. The van der Waals surface area contributed by atoms with Gasteiger partial charge in [-0.3, -0.25) is 10.2 Å². The highest BCUT2D eigenvalue weighted by molar-refractivity contribution is 5.81. The Kier molecular flexibility index (Phi) is 3.65. The molecule has 2 unspecified atom stereocenters. The van der Waals surface area contributed by atoms with Crippen molar-refractivity contribution in [1.29, 1.82) is 0 Å². The summed E-state index contributed by atoms with van der Waals surface area (Å²) >= 11 is 0. The maximum Gasteiger partial charge on any atom is 0.252 e. The lowest BCUT2D eigenvalue weighted by Crippen LogP contribution is -2.60. The molecular formula is C8H18N4O. The smallest absolute Gasteiger partial charge is 0.252 e. The molecule has 13 heavy (non-hydrogen) atoms. The third kappa shape index (κ3) is 3.30. The van der Waals surface area contributed by atoms with Crippen LogP contribution in [0.4, 0.5) is 0 Å². The van der Waals surface area contributed by atoms with Crippen LogP contribution in [0.5, 0.6) is 0 Å². The number of nitrogens with zero attached hydrogens (tertiary/aromatic N) is 1. The third-order valence-corrected chi connectivity index (χ3v) is 1.99. The summed E-state index contributed by atoms with van der Waals surface area (Å²) in [5.74, 6) is 0.0180. The molecule has 1 aliphatic rings. The first-order chi connectivity index (χ1) is 6.09. The van der Waals surface area contributed by atoms with Gasteiger partial charge in [0.25, 0.3) is 5.91 Å². The molecule has 1 heterocycles. The fourth-order valence-corrected chi connectivity index (χ4v) is 1.27. The zero-order valence-corrected chi connectivity index (χ0v) is 8.42. The van der Waals surface area contributed by atoms with Crippen LogP contribution in [0.1, 0.15) is 6.92 Å². The molecule has 0 bridgehead atoms. The summed E-state index contributed by atoms with van der Waals surface area (Å²) in [5.41, 5.74) is 2.72. The molecule has 1 fully saturated rings. The van der Waals surface area contributed by atoms with E-state index in [9.17, 15) is 4.79 Å². The molecule has 5 heteroatoms. The summed E-state index contributed by atoms with van der Waals surface area (Å²) in [4.78, 5) is 11.5. The number of hydrogen-bond acceptors (Lipinski definition) is 4. The molecule has 0 radical (unpaired) electrons. The minimum Gasteiger partial charge on any atom is -0.311 e. The van der Waals surface area contributed by atoms with Gasteiger partial charge in [-0.1, -0.05) is 0 Å². The molecule has 1 amide bonds. The number of rotatable bonds is 2. The fraction of sp³-hybridized carbons (Fsp3) is 0.875. The Morgan fingerprint density at radius 3 is 2.54 bits per heavy atom. The van der Waals surface area contributed by atoms with Gasteiger partial charge in [0.15, 0.2) is 0 Å². The van der Waals surface area contributed by atoms with Gasteiger partial charge in [-0.2, -0.15) is 0 Å². The Hall–Kier alpha value is -0.650. The predicted octanol–water partition coefficient (Wildman–Crippen LogP) is -1.47. The van der Waals surface area contributed by atoms with Crippen LogP contribution in [0.25, 0.3) is 0 Å². The number of hydrogen-bond donors (Lipinski definition) is 3. The number of amides is 1. The minimum atomic E-state index is -0.112. The summed E-state index contributed by atoms with van der Waals surface area (Å²) in [5, 5.41) is 8.07. The van der Waals surface area contributed by atoms with Crippen molar-refractivity contribution in [3.05, 3.63) is 0 Å². The highest BCUT2D eigenvalue weighted by Crippen LogP contribution is 1.92. The van der Waals surface area contributed by atoms with E-state index in [1.807, 2.05) is 0 Å². The summed E-state index contributed by atoms with van der Waals surface area (Å²) in [6.07, 6.45) is 0. The van der Waals surface area contributed by atoms with Gasteiger partial charge in [0.1, 0.15) is 6.04 Å². The molecule has 0 aromatic carbocycles. The van der Waals surface area contributed by atoms with Gasteiger partial charge in [0.2, 0.25) is 0 Å². The fourth-order valence-electron chi connectivity index (χ4n) is 1.27. The average molecular weight is 186 g/mol. The van der Waals surface area contributed by atoms with E-state index in [1.165, 1.54) is 0 Å². The molecule has 1 rings (SSSR count). The van der Waals surface area contributed by atoms with Crippen LogP contribution in [0, 0.1) is 0 Å². The Labute approximate surface area is 78.8 Å². The molecule has 1 aliphatic heterocycles. The number of carbonyl (C=O) groups excluding carboxylic acids is 1. The lowest BCUT2D eigenvalue weighted by atomic mass is 10.2. The van der Waals surface area contributed by atoms with Crippen LogP contribution in [0.15, 0.2) is 0 Å². The molecule has 2 atom stereocenters. The lowest BCUT2D eigenvalue weighted by molar-refractivity contribution is -0.127. The standard InChI is InChI=1S/C8H18N4O/c1-6-4-10-7(5-9-6)8(13)11-12(2)3/h6-7,9-10H,4-5H2,1-3H3,(H,11,13). The zero-order valence-electron chi connectivity index (χ0n) is 8.42. The first-order valence-electron chi connectivity index (χ1n) is 4.54. The molecular weight excluding hydrogens is 168 g/mol. The second kappa shape index (κ2) is 4.55.